The lowest BCUT2D eigenvalue weighted by atomic mass is 10.1. The summed E-state index contributed by atoms with van der Waals surface area (Å²) in [5, 5.41) is 0. The molecular formula is C12H19FO2. The highest BCUT2D eigenvalue weighted by Gasteiger charge is 2.12. The standard InChI is InChI=1S/C12H19FO2/c1-4-7-11(8-6-9-13)12(5-2)15-10(3)14/h6-8,12H,4-5,9H2,1-3H3/b8-6-,11-7+. The van der Waals surface area contributed by atoms with Crippen LogP contribution in [0.25, 0.3) is 0 Å². The van der Waals surface area contributed by atoms with Crippen LogP contribution in [-0.2, 0) is 9.53 Å². The molecule has 0 saturated heterocycles. The molecule has 0 saturated carbocycles. The summed E-state index contributed by atoms with van der Waals surface area (Å²) in [6, 6.07) is 0. The highest BCUT2D eigenvalue weighted by Crippen LogP contribution is 2.14. The number of allylic oxidation sites excluding steroid dienone is 2. The fraction of sp³-hybridized carbons (Fsp3) is 0.583. The van der Waals surface area contributed by atoms with Gasteiger partial charge in [0.2, 0.25) is 0 Å². The zero-order valence-corrected chi connectivity index (χ0v) is 9.63. The maximum Gasteiger partial charge on any atom is 0.303 e. The average molecular weight is 214 g/mol. The second-order valence-corrected chi connectivity index (χ2v) is 3.18. The van der Waals surface area contributed by atoms with Crippen LogP contribution >= 0.6 is 0 Å². The van der Waals surface area contributed by atoms with Crippen LogP contribution < -0.4 is 0 Å². The van der Waals surface area contributed by atoms with E-state index in [0.29, 0.717) is 6.42 Å². The van der Waals surface area contributed by atoms with E-state index < -0.39 is 6.67 Å². The van der Waals surface area contributed by atoms with Gasteiger partial charge in [0.15, 0.2) is 0 Å². The van der Waals surface area contributed by atoms with E-state index in [1.165, 1.54) is 13.0 Å². The molecule has 0 aromatic rings. The van der Waals surface area contributed by atoms with Crippen molar-refractivity contribution in [2.24, 2.45) is 0 Å². The molecule has 3 heteroatoms. The first kappa shape index (κ1) is 13.9. The van der Waals surface area contributed by atoms with Gasteiger partial charge in [0, 0.05) is 6.92 Å². The van der Waals surface area contributed by atoms with Gasteiger partial charge in [-0.25, -0.2) is 4.39 Å². The Morgan fingerprint density at radius 3 is 2.53 bits per heavy atom. The van der Waals surface area contributed by atoms with Gasteiger partial charge in [0.25, 0.3) is 0 Å². The molecule has 0 aliphatic carbocycles. The van der Waals surface area contributed by atoms with E-state index in [2.05, 4.69) is 0 Å². The summed E-state index contributed by atoms with van der Waals surface area (Å²) in [5.41, 5.74) is 0.868. The van der Waals surface area contributed by atoms with Gasteiger partial charge in [0.1, 0.15) is 12.8 Å². The number of esters is 1. The fourth-order valence-corrected chi connectivity index (χ4v) is 1.31. The molecule has 0 amide bonds. The van der Waals surface area contributed by atoms with Crippen molar-refractivity contribution in [2.75, 3.05) is 6.67 Å². The van der Waals surface area contributed by atoms with E-state index in [-0.39, 0.29) is 12.1 Å². The van der Waals surface area contributed by atoms with E-state index in [1.54, 1.807) is 6.08 Å². The van der Waals surface area contributed by atoms with E-state index in [9.17, 15) is 9.18 Å². The number of alkyl halides is 1. The van der Waals surface area contributed by atoms with Gasteiger partial charge in [-0.2, -0.15) is 0 Å². The summed E-state index contributed by atoms with van der Waals surface area (Å²) in [6.45, 7) is 4.80. The molecule has 0 radical (unpaired) electrons. The third-order valence-corrected chi connectivity index (χ3v) is 1.89. The zero-order valence-electron chi connectivity index (χ0n) is 9.63. The van der Waals surface area contributed by atoms with Crippen molar-refractivity contribution in [3.05, 3.63) is 23.8 Å². The van der Waals surface area contributed by atoms with Gasteiger partial charge >= 0.3 is 5.97 Å². The first-order chi connectivity index (χ1) is 7.15. The predicted molar refractivity (Wildman–Crippen MR) is 59.3 cm³/mol. The number of halogens is 1. The summed E-state index contributed by atoms with van der Waals surface area (Å²) < 4.78 is 17.1. The zero-order chi connectivity index (χ0) is 11.7. The lowest BCUT2D eigenvalue weighted by Crippen LogP contribution is -2.17. The Hall–Kier alpha value is -1.12. The van der Waals surface area contributed by atoms with Gasteiger partial charge in [-0.1, -0.05) is 32.1 Å². The van der Waals surface area contributed by atoms with Crippen molar-refractivity contribution >= 4 is 5.97 Å². The lowest BCUT2D eigenvalue weighted by Gasteiger charge is -2.16. The molecule has 0 spiro atoms. The maximum atomic E-state index is 12.0. The quantitative estimate of drug-likeness (QED) is 0.501. The molecule has 1 atom stereocenters. The first-order valence-electron chi connectivity index (χ1n) is 5.25. The Kier molecular flexibility index (Phi) is 7.60. The minimum absolute atomic E-state index is 0.259. The smallest absolute Gasteiger partial charge is 0.303 e. The van der Waals surface area contributed by atoms with Crippen LogP contribution in [-0.4, -0.2) is 18.7 Å². The number of hydrogen-bond acceptors (Lipinski definition) is 2. The highest BCUT2D eigenvalue weighted by molar-refractivity contribution is 5.66. The van der Waals surface area contributed by atoms with Crippen LogP contribution in [0.4, 0.5) is 4.39 Å². The second-order valence-electron chi connectivity index (χ2n) is 3.18. The molecule has 0 aliphatic heterocycles. The Morgan fingerprint density at radius 2 is 2.13 bits per heavy atom. The van der Waals surface area contributed by atoms with Crippen LogP contribution in [0, 0.1) is 0 Å². The highest BCUT2D eigenvalue weighted by atomic mass is 19.1. The minimum atomic E-state index is -0.502. The van der Waals surface area contributed by atoms with E-state index in [1.807, 2.05) is 19.9 Å². The SMILES string of the molecule is CC/C=C(\C=C/CF)C(CC)OC(C)=O. The van der Waals surface area contributed by atoms with E-state index in [4.69, 9.17) is 4.74 Å². The molecule has 2 nitrogen and oxygen atoms in total. The monoisotopic (exact) mass is 214 g/mol. The minimum Gasteiger partial charge on any atom is -0.458 e. The second kappa shape index (κ2) is 8.21. The normalized spacial score (nSPS) is 14.3. The van der Waals surface area contributed by atoms with Crippen molar-refractivity contribution < 1.29 is 13.9 Å². The van der Waals surface area contributed by atoms with Crippen LogP contribution in [0.3, 0.4) is 0 Å². The number of carbonyl (C=O) groups excluding carboxylic acids is 1. The molecule has 86 valence electrons. The molecular weight excluding hydrogens is 195 g/mol. The molecule has 0 fully saturated rings. The van der Waals surface area contributed by atoms with Crippen LogP contribution in [0.15, 0.2) is 23.8 Å². The van der Waals surface area contributed by atoms with E-state index in [0.717, 1.165) is 12.0 Å². The predicted octanol–water partition coefficient (Wildman–Crippen LogP) is 3.19. The molecule has 0 aromatic carbocycles. The lowest BCUT2D eigenvalue weighted by molar-refractivity contribution is -0.144. The number of hydrogen-bond donors (Lipinski definition) is 0. The molecule has 0 aliphatic rings. The Labute approximate surface area is 90.8 Å². The van der Waals surface area contributed by atoms with Crippen molar-refractivity contribution in [3.63, 3.8) is 0 Å². The Morgan fingerprint density at radius 1 is 1.47 bits per heavy atom. The van der Waals surface area contributed by atoms with Gasteiger partial charge < -0.3 is 4.74 Å². The molecule has 0 aromatic heterocycles. The van der Waals surface area contributed by atoms with Gasteiger partial charge in [0.05, 0.1) is 0 Å². The number of rotatable bonds is 6. The first-order valence-corrected chi connectivity index (χ1v) is 5.25. The fourth-order valence-electron chi connectivity index (χ4n) is 1.31. The van der Waals surface area contributed by atoms with Gasteiger partial charge in [-0.15, -0.1) is 0 Å². The van der Waals surface area contributed by atoms with Crippen molar-refractivity contribution in [2.45, 2.75) is 39.7 Å². The van der Waals surface area contributed by atoms with Crippen LogP contribution in [0.5, 0.6) is 0 Å². The summed E-state index contributed by atoms with van der Waals surface area (Å²) in [4.78, 5) is 10.8. The summed E-state index contributed by atoms with van der Waals surface area (Å²) in [7, 11) is 0. The summed E-state index contributed by atoms with van der Waals surface area (Å²) >= 11 is 0. The molecule has 0 N–H and O–H groups in total. The molecule has 15 heavy (non-hydrogen) atoms. The van der Waals surface area contributed by atoms with Crippen LogP contribution in [0.1, 0.15) is 33.6 Å². The van der Waals surface area contributed by atoms with Crippen molar-refractivity contribution in [1.82, 2.24) is 0 Å². The molecule has 0 heterocycles. The molecule has 0 rings (SSSR count). The maximum absolute atomic E-state index is 12.0. The summed E-state index contributed by atoms with van der Waals surface area (Å²) in [6.07, 6.45) is 6.33. The van der Waals surface area contributed by atoms with Crippen LogP contribution in [0.2, 0.25) is 0 Å². The number of ether oxygens (including phenoxy) is 1. The average Bonchev–Trinajstić information content (AvgIpc) is 2.20. The van der Waals surface area contributed by atoms with Gasteiger partial charge in [-0.05, 0) is 18.4 Å². The summed E-state index contributed by atoms with van der Waals surface area (Å²) in [5.74, 6) is -0.308. The Balaban J connectivity index is 4.62. The Bertz CT molecular complexity index is 244. The molecule has 0 bridgehead atoms. The van der Waals surface area contributed by atoms with Crippen molar-refractivity contribution in [3.8, 4) is 0 Å². The third-order valence-electron chi connectivity index (χ3n) is 1.89. The molecule has 1 unspecified atom stereocenters. The van der Waals surface area contributed by atoms with Crippen molar-refractivity contribution in [1.29, 1.82) is 0 Å². The number of carbonyl (C=O) groups is 1. The van der Waals surface area contributed by atoms with E-state index >= 15 is 0 Å². The topological polar surface area (TPSA) is 26.3 Å². The third kappa shape index (κ3) is 6.05. The largest absolute Gasteiger partial charge is 0.458 e. The van der Waals surface area contributed by atoms with Gasteiger partial charge in [-0.3, -0.25) is 4.79 Å².